The van der Waals surface area contributed by atoms with Gasteiger partial charge in [-0.1, -0.05) is 30.7 Å². The minimum atomic E-state index is 0.906. The van der Waals surface area contributed by atoms with Crippen LogP contribution in [-0.2, 0) is 0 Å². The van der Waals surface area contributed by atoms with Crippen molar-refractivity contribution in [3.8, 4) is 5.75 Å². The van der Waals surface area contributed by atoms with Crippen LogP contribution in [0.3, 0.4) is 0 Å². The maximum absolute atomic E-state index is 5.19. The molecule has 0 amide bonds. The molecular formula is C14H21NO. The van der Waals surface area contributed by atoms with Crippen LogP contribution in [0.1, 0.15) is 25.8 Å². The molecule has 0 saturated heterocycles. The van der Waals surface area contributed by atoms with Crippen molar-refractivity contribution in [1.82, 2.24) is 5.32 Å². The molecule has 2 nitrogen and oxygen atoms in total. The van der Waals surface area contributed by atoms with Gasteiger partial charge in [-0.15, -0.1) is 0 Å². The van der Waals surface area contributed by atoms with Gasteiger partial charge in [0.05, 0.1) is 7.11 Å². The molecule has 0 fully saturated rings. The van der Waals surface area contributed by atoms with E-state index in [9.17, 15) is 0 Å². The molecule has 1 rings (SSSR count). The van der Waals surface area contributed by atoms with Crippen molar-refractivity contribution in [2.24, 2.45) is 0 Å². The summed E-state index contributed by atoms with van der Waals surface area (Å²) in [6.45, 7) is 6.34. The number of hydrogen-bond acceptors (Lipinski definition) is 2. The molecule has 0 heterocycles. The van der Waals surface area contributed by atoms with E-state index in [2.05, 4.69) is 31.3 Å². The first-order chi connectivity index (χ1) is 7.76. The average Bonchev–Trinajstić information content (AvgIpc) is 2.29. The van der Waals surface area contributed by atoms with E-state index in [-0.39, 0.29) is 0 Å². The Morgan fingerprint density at radius 3 is 2.94 bits per heavy atom. The van der Waals surface area contributed by atoms with Gasteiger partial charge in [-0.05, 0) is 37.6 Å². The minimum Gasteiger partial charge on any atom is -0.497 e. The number of methoxy groups -OCH3 is 1. The number of rotatable bonds is 6. The largest absolute Gasteiger partial charge is 0.497 e. The van der Waals surface area contributed by atoms with Gasteiger partial charge in [-0.3, -0.25) is 0 Å². The van der Waals surface area contributed by atoms with Crippen molar-refractivity contribution in [2.45, 2.75) is 20.3 Å². The zero-order valence-electron chi connectivity index (χ0n) is 10.4. The third kappa shape index (κ3) is 4.49. The van der Waals surface area contributed by atoms with Crippen LogP contribution < -0.4 is 10.1 Å². The lowest BCUT2D eigenvalue weighted by atomic mass is 10.1. The molecule has 0 aliphatic heterocycles. The molecule has 0 aromatic heterocycles. The molecule has 2 heteroatoms. The first kappa shape index (κ1) is 12.8. The summed E-state index contributed by atoms with van der Waals surface area (Å²) in [5, 5.41) is 3.38. The van der Waals surface area contributed by atoms with Crippen LogP contribution in [0.5, 0.6) is 5.75 Å². The van der Waals surface area contributed by atoms with Crippen LogP contribution in [0.25, 0.3) is 6.08 Å². The number of benzene rings is 1. The van der Waals surface area contributed by atoms with E-state index in [4.69, 9.17) is 4.74 Å². The molecule has 1 aromatic carbocycles. The molecule has 0 aliphatic carbocycles. The molecule has 0 spiro atoms. The first-order valence-corrected chi connectivity index (χ1v) is 5.78. The number of ether oxygens (including phenoxy) is 1. The summed E-state index contributed by atoms with van der Waals surface area (Å²) in [6.07, 6.45) is 3.36. The summed E-state index contributed by atoms with van der Waals surface area (Å²) < 4.78 is 5.19. The molecule has 16 heavy (non-hydrogen) atoms. The van der Waals surface area contributed by atoms with Crippen LogP contribution in [0.15, 0.2) is 29.8 Å². The Hall–Kier alpha value is -1.28. The molecule has 0 unspecified atom stereocenters. The van der Waals surface area contributed by atoms with E-state index in [0.717, 1.165) is 18.8 Å². The number of hydrogen-bond donors (Lipinski definition) is 1. The topological polar surface area (TPSA) is 21.3 Å². The normalized spacial score (nSPS) is 11.6. The fourth-order valence-electron chi connectivity index (χ4n) is 1.53. The van der Waals surface area contributed by atoms with E-state index in [1.165, 1.54) is 17.6 Å². The highest BCUT2D eigenvalue weighted by Crippen LogP contribution is 2.14. The Kier molecular flexibility index (Phi) is 5.65. The summed E-state index contributed by atoms with van der Waals surface area (Å²) >= 11 is 0. The summed E-state index contributed by atoms with van der Waals surface area (Å²) in [5.74, 6) is 0.906. The molecule has 0 bridgehead atoms. The van der Waals surface area contributed by atoms with E-state index in [1.54, 1.807) is 7.11 Å². The van der Waals surface area contributed by atoms with Crippen LogP contribution in [0, 0.1) is 0 Å². The standard InChI is InChI=1S/C14H21NO/c1-4-8-15-11-12(2)9-13-6-5-7-14(10-13)16-3/h5-7,9-10,15H,4,8,11H2,1-3H3. The smallest absolute Gasteiger partial charge is 0.119 e. The zero-order chi connectivity index (χ0) is 11.8. The molecule has 0 atom stereocenters. The van der Waals surface area contributed by atoms with E-state index < -0.39 is 0 Å². The van der Waals surface area contributed by atoms with Gasteiger partial charge in [0.2, 0.25) is 0 Å². The van der Waals surface area contributed by atoms with Gasteiger partial charge in [0, 0.05) is 6.54 Å². The Morgan fingerprint density at radius 2 is 2.25 bits per heavy atom. The Labute approximate surface area is 98.3 Å². The van der Waals surface area contributed by atoms with E-state index in [0.29, 0.717) is 0 Å². The molecule has 0 aliphatic rings. The molecule has 0 radical (unpaired) electrons. The number of nitrogens with one attached hydrogen (secondary N) is 1. The van der Waals surface area contributed by atoms with Crippen molar-refractivity contribution in [1.29, 1.82) is 0 Å². The second kappa shape index (κ2) is 7.07. The fourth-order valence-corrected chi connectivity index (χ4v) is 1.53. The summed E-state index contributed by atoms with van der Waals surface area (Å²) in [7, 11) is 1.69. The minimum absolute atomic E-state index is 0.906. The van der Waals surface area contributed by atoms with Gasteiger partial charge in [0.25, 0.3) is 0 Å². The van der Waals surface area contributed by atoms with Crippen LogP contribution in [0.4, 0.5) is 0 Å². The molecule has 0 saturated carbocycles. The average molecular weight is 219 g/mol. The van der Waals surface area contributed by atoms with Gasteiger partial charge in [-0.25, -0.2) is 0 Å². The van der Waals surface area contributed by atoms with Gasteiger partial charge in [-0.2, -0.15) is 0 Å². The van der Waals surface area contributed by atoms with Crippen molar-refractivity contribution in [3.05, 3.63) is 35.4 Å². The Balaban J connectivity index is 2.58. The Bertz CT molecular complexity index is 344. The van der Waals surface area contributed by atoms with Gasteiger partial charge in [0.15, 0.2) is 0 Å². The molecule has 1 N–H and O–H groups in total. The highest BCUT2D eigenvalue weighted by Gasteiger charge is 1.94. The van der Waals surface area contributed by atoms with Crippen LogP contribution in [-0.4, -0.2) is 20.2 Å². The van der Waals surface area contributed by atoms with Crippen LogP contribution in [0.2, 0.25) is 0 Å². The maximum atomic E-state index is 5.19. The van der Waals surface area contributed by atoms with Crippen molar-refractivity contribution in [2.75, 3.05) is 20.2 Å². The monoisotopic (exact) mass is 219 g/mol. The van der Waals surface area contributed by atoms with Gasteiger partial charge < -0.3 is 10.1 Å². The highest BCUT2D eigenvalue weighted by molar-refractivity contribution is 5.54. The quantitative estimate of drug-likeness (QED) is 0.742. The van der Waals surface area contributed by atoms with E-state index >= 15 is 0 Å². The highest BCUT2D eigenvalue weighted by atomic mass is 16.5. The van der Waals surface area contributed by atoms with Crippen LogP contribution >= 0.6 is 0 Å². The maximum Gasteiger partial charge on any atom is 0.119 e. The lowest BCUT2D eigenvalue weighted by molar-refractivity contribution is 0.414. The Morgan fingerprint density at radius 1 is 1.44 bits per heavy atom. The van der Waals surface area contributed by atoms with Gasteiger partial charge in [0.1, 0.15) is 5.75 Å². The van der Waals surface area contributed by atoms with Crippen molar-refractivity contribution >= 4 is 6.08 Å². The SMILES string of the molecule is CCCNCC(C)=Cc1cccc(OC)c1. The molecule has 1 aromatic rings. The second-order valence-electron chi connectivity index (χ2n) is 3.94. The van der Waals surface area contributed by atoms with Crippen molar-refractivity contribution in [3.63, 3.8) is 0 Å². The summed E-state index contributed by atoms with van der Waals surface area (Å²) in [6, 6.07) is 8.11. The third-order valence-corrected chi connectivity index (χ3v) is 2.34. The van der Waals surface area contributed by atoms with Gasteiger partial charge >= 0.3 is 0 Å². The van der Waals surface area contributed by atoms with Crippen molar-refractivity contribution < 1.29 is 4.74 Å². The third-order valence-electron chi connectivity index (χ3n) is 2.34. The first-order valence-electron chi connectivity index (χ1n) is 5.78. The molecular weight excluding hydrogens is 198 g/mol. The summed E-state index contributed by atoms with van der Waals surface area (Å²) in [4.78, 5) is 0. The predicted molar refractivity (Wildman–Crippen MR) is 69.8 cm³/mol. The summed E-state index contributed by atoms with van der Waals surface area (Å²) in [5.41, 5.74) is 2.52. The second-order valence-corrected chi connectivity index (χ2v) is 3.94. The predicted octanol–water partition coefficient (Wildman–Crippen LogP) is 3.10. The molecule has 88 valence electrons. The lowest BCUT2D eigenvalue weighted by Crippen LogP contribution is -2.16. The van der Waals surface area contributed by atoms with E-state index in [1.807, 2.05) is 18.2 Å². The lowest BCUT2D eigenvalue weighted by Gasteiger charge is -2.04. The zero-order valence-corrected chi connectivity index (χ0v) is 10.4. The fraction of sp³-hybridized carbons (Fsp3) is 0.429.